The van der Waals surface area contributed by atoms with Crippen LogP contribution in [-0.4, -0.2) is 25.2 Å². The van der Waals surface area contributed by atoms with Crippen LogP contribution in [0.25, 0.3) is 0 Å². The number of carbonyl (C=O) groups excluding carboxylic acids is 2. The maximum absolute atomic E-state index is 11.6. The molecule has 0 aromatic heterocycles. The lowest BCUT2D eigenvalue weighted by Crippen LogP contribution is -2.08. The normalized spacial score (nSPS) is 9.08. The Bertz CT molecular complexity index is 760. The summed E-state index contributed by atoms with van der Waals surface area (Å²) in [5.74, 6) is 9.66. The molecule has 0 radical (unpaired) electrons. The molecular formula is C22H18O4. The summed E-state index contributed by atoms with van der Waals surface area (Å²) >= 11 is 0. The summed E-state index contributed by atoms with van der Waals surface area (Å²) in [5, 5.41) is 0. The van der Waals surface area contributed by atoms with E-state index in [4.69, 9.17) is 9.47 Å². The molecule has 4 heteroatoms. The SMILES string of the molecule is O=C(Cc1ccccc1)OCC#CC#CCOC(=O)Cc1ccccc1. The molecule has 0 atom stereocenters. The van der Waals surface area contributed by atoms with Gasteiger partial charge in [0.25, 0.3) is 0 Å². The predicted molar refractivity (Wildman–Crippen MR) is 97.8 cm³/mol. The van der Waals surface area contributed by atoms with Crippen molar-refractivity contribution in [2.24, 2.45) is 0 Å². The van der Waals surface area contributed by atoms with E-state index in [2.05, 4.69) is 23.7 Å². The van der Waals surface area contributed by atoms with Crippen molar-refractivity contribution in [1.82, 2.24) is 0 Å². The molecule has 2 aromatic rings. The van der Waals surface area contributed by atoms with Crippen LogP contribution in [0.4, 0.5) is 0 Å². The highest BCUT2D eigenvalue weighted by atomic mass is 16.5. The first-order chi connectivity index (χ1) is 12.7. The molecule has 0 aliphatic carbocycles. The van der Waals surface area contributed by atoms with Crippen LogP contribution >= 0.6 is 0 Å². The van der Waals surface area contributed by atoms with Gasteiger partial charge in [-0.2, -0.15) is 0 Å². The maximum Gasteiger partial charge on any atom is 0.311 e. The van der Waals surface area contributed by atoms with Crippen LogP contribution in [0.2, 0.25) is 0 Å². The van der Waals surface area contributed by atoms with E-state index in [0.717, 1.165) is 11.1 Å². The number of esters is 2. The van der Waals surface area contributed by atoms with Crippen molar-refractivity contribution in [2.45, 2.75) is 12.8 Å². The van der Waals surface area contributed by atoms with Gasteiger partial charge in [0.15, 0.2) is 13.2 Å². The highest BCUT2D eigenvalue weighted by Crippen LogP contribution is 2.01. The average molecular weight is 346 g/mol. The Morgan fingerprint density at radius 1 is 0.654 bits per heavy atom. The van der Waals surface area contributed by atoms with Crippen LogP contribution in [0.15, 0.2) is 60.7 Å². The molecule has 0 aliphatic rings. The molecule has 26 heavy (non-hydrogen) atoms. The van der Waals surface area contributed by atoms with Gasteiger partial charge in [-0.15, -0.1) is 0 Å². The van der Waals surface area contributed by atoms with E-state index in [1.807, 2.05) is 60.7 Å². The second kappa shape index (κ2) is 11.1. The summed E-state index contributed by atoms with van der Waals surface area (Å²) in [7, 11) is 0. The van der Waals surface area contributed by atoms with Gasteiger partial charge in [-0.05, 0) is 34.8 Å². The summed E-state index contributed by atoms with van der Waals surface area (Å²) in [6.07, 6.45) is 0.428. The van der Waals surface area contributed by atoms with E-state index in [-0.39, 0.29) is 38.0 Å². The van der Waals surface area contributed by atoms with E-state index in [9.17, 15) is 9.59 Å². The fraction of sp³-hybridized carbons (Fsp3) is 0.182. The van der Waals surface area contributed by atoms with Gasteiger partial charge in [-0.1, -0.05) is 60.7 Å². The van der Waals surface area contributed by atoms with E-state index in [1.165, 1.54) is 0 Å². The van der Waals surface area contributed by atoms with Crippen LogP contribution in [0.1, 0.15) is 11.1 Å². The van der Waals surface area contributed by atoms with Gasteiger partial charge in [0.05, 0.1) is 12.8 Å². The Labute approximate surface area is 153 Å². The average Bonchev–Trinajstić information content (AvgIpc) is 2.65. The summed E-state index contributed by atoms with van der Waals surface area (Å²) < 4.78 is 9.98. The van der Waals surface area contributed by atoms with Crippen molar-refractivity contribution in [3.63, 3.8) is 0 Å². The third kappa shape index (κ3) is 7.86. The van der Waals surface area contributed by atoms with Crippen molar-refractivity contribution in [2.75, 3.05) is 13.2 Å². The summed E-state index contributed by atoms with van der Waals surface area (Å²) in [4.78, 5) is 23.2. The number of carbonyl (C=O) groups is 2. The van der Waals surface area contributed by atoms with Crippen molar-refractivity contribution in [3.8, 4) is 23.7 Å². The highest BCUT2D eigenvalue weighted by Gasteiger charge is 2.03. The van der Waals surface area contributed by atoms with Gasteiger partial charge in [0.1, 0.15) is 0 Å². The van der Waals surface area contributed by atoms with Gasteiger partial charge in [-0.3, -0.25) is 9.59 Å². The van der Waals surface area contributed by atoms with Gasteiger partial charge in [0.2, 0.25) is 0 Å². The molecule has 0 amide bonds. The first-order valence-corrected chi connectivity index (χ1v) is 8.09. The van der Waals surface area contributed by atoms with Crippen LogP contribution in [0, 0.1) is 23.7 Å². The molecule has 0 fully saturated rings. The Morgan fingerprint density at radius 3 is 1.42 bits per heavy atom. The molecule has 2 rings (SSSR count). The maximum atomic E-state index is 11.6. The molecule has 0 saturated heterocycles. The van der Waals surface area contributed by atoms with Crippen LogP contribution in [-0.2, 0) is 31.9 Å². The fourth-order valence-corrected chi connectivity index (χ4v) is 2.02. The summed E-state index contributed by atoms with van der Waals surface area (Å²) in [6.45, 7) is -0.0394. The molecule has 0 unspecified atom stereocenters. The predicted octanol–water partition coefficient (Wildman–Crippen LogP) is 2.57. The van der Waals surface area contributed by atoms with Gasteiger partial charge < -0.3 is 9.47 Å². The topological polar surface area (TPSA) is 52.6 Å². The van der Waals surface area contributed by atoms with Gasteiger partial charge in [0, 0.05) is 0 Å². The molecule has 4 nitrogen and oxygen atoms in total. The Kier molecular flexibility index (Phi) is 8.06. The van der Waals surface area contributed by atoms with E-state index in [1.54, 1.807) is 0 Å². The lowest BCUT2D eigenvalue weighted by atomic mass is 10.2. The molecule has 130 valence electrons. The quantitative estimate of drug-likeness (QED) is 0.596. The summed E-state index contributed by atoms with van der Waals surface area (Å²) in [5.41, 5.74) is 1.78. The lowest BCUT2D eigenvalue weighted by molar-refractivity contribution is -0.142. The minimum absolute atomic E-state index is 0.0197. The van der Waals surface area contributed by atoms with E-state index in [0.29, 0.717) is 0 Å². The van der Waals surface area contributed by atoms with Crippen LogP contribution in [0.3, 0.4) is 0 Å². The second-order valence-electron chi connectivity index (χ2n) is 5.25. The Hall–Kier alpha value is -3.50. The Balaban J connectivity index is 1.60. The van der Waals surface area contributed by atoms with Crippen molar-refractivity contribution >= 4 is 11.9 Å². The zero-order valence-electron chi connectivity index (χ0n) is 14.2. The minimum Gasteiger partial charge on any atom is -0.452 e. The number of hydrogen-bond donors (Lipinski definition) is 0. The molecule has 0 heterocycles. The number of ether oxygens (including phenoxy) is 2. The largest absolute Gasteiger partial charge is 0.452 e. The highest BCUT2D eigenvalue weighted by molar-refractivity contribution is 5.73. The molecule has 0 aliphatic heterocycles. The molecule has 0 spiro atoms. The zero-order valence-corrected chi connectivity index (χ0v) is 14.2. The monoisotopic (exact) mass is 346 g/mol. The fourth-order valence-electron chi connectivity index (χ4n) is 2.02. The standard InChI is InChI=1S/C22H18O4/c23-21(17-19-11-5-3-6-12-19)25-15-9-1-2-10-16-26-22(24)18-20-13-7-4-8-14-20/h3-8,11-14H,15-18H2. The molecule has 0 saturated carbocycles. The third-order valence-electron chi connectivity index (χ3n) is 3.23. The number of benzene rings is 2. The van der Waals surface area contributed by atoms with Crippen molar-refractivity contribution in [3.05, 3.63) is 71.8 Å². The lowest BCUT2D eigenvalue weighted by Gasteiger charge is -2.00. The van der Waals surface area contributed by atoms with Crippen molar-refractivity contribution < 1.29 is 19.1 Å². The molecule has 0 N–H and O–H groups in total. The minimum atomic E-state index is -0.340. The van der Waals surface area contributed by atoms with Gasteiger partial charge in [-0.25, -0.2) is 0 Å². The van der Waals surface area contributed by atoms with Gasteiger partial charge >= 0.3 is 11.9 Å². The first kappa shape index (κ1) is 18.8. The van der Waals surface area contributed by atoms with Crippen LogP contribution in [0.5, 0.6) is 0 Å². The number of hydrogen-bond acceptors (Lipinski definition) is 4. The second-order valence-corrected chi connectivity index (χ2v) is 5.25. The van der Waals surface area contributed by atoms with E-state index >= 15 is 0 Å². The number of rotatable bonds is 6. The van der Waals surface area contributed by atoms with E-state index < -0.39 is 0 Å². The molecule has 0 bridgehead atoms. The van der Waals surface area contributed by atoms with Crippen LogP contribution < -0.4 is 0 Å². The third-order valence-corrected chi connectivity index (χ3v) is 3.23. The first-order valence-electron chi connectivity index (χ1n) is 8.09. The smallest absolute Gasteiger partial charge is 0.311 e. The summed E-state index contributed by atoms with van der Waals surface area (Å²) in [6, 6.07) is 18.7. The molecular weight excluding hydrogens is 328 g/mol. The molecule has 2 aromatic carbocycles. The van der Waals surface area contributed by atoms with Crippen molar-refractivity contribution in [1.29, 1.82) is 0 Å². The zero-order chi connectivity index (χ0) is 18.5. The Morgan fingerprint density at radius 2 is 1.04 bits per heavy atom.